The van der Waals surface area contributed by atoms with Crippen LogP contribution in [0.2, 0.25) is 0 Å². The normalized spacial score (nSPS) is 40.8. The van der Waals surface area contributed by atoms with Crippen molar-refractivity contribution in [2.75, 3.05) is 0 Å². The lowest BCUT2D eigenvalue weighted by atomic mass is 9.48. The molecule has 4 saturated carbocycles. The second-order valence-corrected chi connectivity index (χ2v) is 7.51. The van der Waals surface area contributed by atoms with Crippen LogP contribution in [0, 0.1) is 23.7 Å². The van der Waals surface area contributed by atoms with Crippen LogP contribution in [0.4, 0.5) is 0 Å². The molecule has 1 N–H and O–H groups in total. The number of aromatic nitrogens is 1. The molecule has 2 aromatic rings. The predicted molar refractivity (Wildman–Crippen MR) is 82.7 cm³/mol. The van der Waals surface area contributed by atoms with Gasteiger partial charge in [0.1, 0.15) is 0 Å². The minimum absolute atomic E-state index is 0.458. The Morgan fingerprint density at radius 2 is 1.62 bits per heavy atom. The highest BCUT2D eigenvalue weighted by Crippen LogP contribution is 2.62. The van der Waals surface area contributed by atoms with Crippen molar-refractivity contribution in [1.29, 1.82) is 0 Å². The zero-order chi connectivity index (χ0) is 14.0. The Morgan fingerprint density at radius 1 is 0.905 bits per heavy atom. The number of hydrogen-bond donors (Lipinski definition) is 1. The van der Waals surface area contributed by atoms with Gasteiger partial charge in [0.05, 0.1) is 11.1 Å². The van der Waals surface area contributed by atoms with Crippen LogP contribution >= 0.6 is 0 Å². The zero-order valence-electron chi connectivity index (χ0n) is 12.2. The highest BCUT2D eigenvalue weighted by Gasteiger charge is 2.57. The molecule has 4 bridgehead atoms. The van der Waals surface area contributed by atoms with Crippen LogP contribution in [0.3, 0.4) is 0 Å². The van der Waals surface area contributed by atoms with E-state index in [9.17, 15) is 5.11 Å². The van der Waals surface area contributed by atoms with Crippen LogP contribution < -0.4 is 0 Å². The van der Waals surface area contributed by atoms with E-state index in [2.05, 4.69) is 29.2 Å². The first-order valence-electron chi connectivity index (χ1n) is 8.31. The Hall–Kier alpha value is -1.41. The third-order valence-corrected chi connectivity index (χ3v) is 6.46. The average Bonchev–Trinajstić information content (AvgIpc) is 2.51. The summed E-state index contributed by atoms with van der Waals surface area (Å²) in [6.45, 7) is 0. The highest BCUT2D eigenvalue weighted by molar-refractivity contribution is 5.83. The first kappa shape index (κ1) is 12.2. The van der Waals surface area contributed by atoms with Crippen molar-refractivity contribution in [3.63, 3.8) is 0 Å². The first-order valence-corrected chi connectivity index (χ1v) is 8.31. The molecule has 4 aliphatic rings. The number of nitrogens with zero attached hydrogens (tertiary/aromatic N) is 1. The summed E-state index contributed by atoms with van der Waals surface area (Å²) >= 11 is 0. The van der Waals surface area contributed by atoms with Gasteiger partial charge in [0.15, 0.2) is 0 Å². The SMILES string of the molecule is OC1(c2cccc3ncccc23)C2CC3CC(C2)CC1C3. The van der Waals surface area contributed by atoms with Crippen molar-refractivity contribution in [3.8, 4) is 0 Å². The largest absolute Gasteiger partial charge is 0.385 e. The molecule has 0 saturated heterocycles. The van der Waals surface area contributed by atoms with Gasteiger partial charge in [-0.05, 0) is 73.5 Å². The van der Waals surface area contributed by atoms with Crippen LogP contribution in [0.15, 0.2) is 36.5 Å². The number of rotatable bonds is 1. The lowest BCUT2D eigenvalue weighted by Crippen LogP contribution is -2.55. The molecule has 6 rings (SSSR count). The first-order chi connectivity index (χ1) is 10.2. The van der Waals surface area contributed by atoms with Crippen LogP contribution in [0.5, 0.6) is 0 Å². The van der Waals surface area contributed by atoms with Crippen LogP contribution in [-0.2, 0) is 5.60 Å². The third-order valence-electron chi connectivity index (χ3n) is 6.46. The minimum Gasteiger partial charge on any atom is -0.385 e. The van der Waals surface area contributed by atoms with E-state index in [4.69, 9.17) is 0 Å². The van der Waals surface area contributed by atoms with Gasteiger partial charge in [-0.1, -0.05) is 18.2 Å². The Bertz CT molecular complexity index is 674. The lowest BCUT2D eigenvalue weighted by Gasteiger charge is -2.59. The fraction of sp³-hybridized carbons (Fsp3) is 0.526. The van der Waals surface area contributed by atoms with E-state index in [0.717, 1.165) is 28.3 Å². The standard InChI is InChI=1S/C19H21NO/c21-19(14-8-12-7-13(10-14)11-15(19)9-12)17-4-1-5-18-16(17)3-2-6-20-18/h1-6,12-15,21H,7-11H2. The van der Waals surface area contributed by atoms with Crippen molar-refractivity contribution in [2.45, 2.75) is 37.7 Å². The van der Waals surface area contributed by atoms with Crippen molar-refractivity contribution in [2.24, 2.45) is 23.7 Å². The number of hydrogen-bond acceptors (Lipinski definition) is 2. The van der Waals surface area contributed by atoms with Gasteiger partial charge in [-0.15, -0.1) is 0 Å². The van der Waals surface area contributed by atoms with E-state index in [1.165, 1.54) is 32.1 Å². The minimum atomic E-state index is -0.615. The molecule has 0 unspecified atom stereocenters. The second kappa shape index (κ2) is 4.07. The Morgan fingerprint density at radius 3 is 2.33 bits per heavy atom. The van der Waals surface area contributed by atoms with E-state index in [-0.39, 0.29) is 0 Å². The van der Waals surface area contributed by atoms with Crippen molar-refractivity contribution >= 4 is 10.9 Å². The molecule has 0 amide bonds. The number of benzene rings is 1. The van der Waals surface area contributed by atoms with E-state index in [1.54, 1.807) is 0 Å². The lowest BCUT2D eigenvalue weighted by molar-refractivity contribution is -0.178. The quantitative estimate of drug-likeness (QED) is 0.859. The molecule has 0 spiro atoms. The molecule has 1 aromatic heterocycles. The van der Waals surface area contributed by atoms with Crippen LogP contribution in [-0.4, -0.2) is 10.1 Å². The number of fused-ring (bicyclic) bond motifs is 1. The van der Waals surface area contributed by atoms with E-state index >= 15 is 0 Å². The maximum Gasteiger partial charge on any atom is 0.0959 e. The molecule has 2 heteroatoms. The summed E-state index contributed by atoms with van der Waals surface area (Å²) in [5, 5.41) is 12.9. The highest BCUT2D eigenvalue weighted by atomic mass is 16.3. The maximum atomic E-state index is 11.7. The molecule has 0 atom stereocenters. The smallest absolute Gasteiger partial charge is 0.0959 e. The number of aliphatic hydroxyl groups is 1. The van der Waals surface area contributed by atoms with Crippen molar-refractivity contribution in [1.82, 2.24) is 4.98 Å². The number of pyridine rings is 1. The van der Waals surface area contributed by atoms with Gasteiger partial charge in [0.2, 0.25) is 0 Å². The molecule has 21 heavy (non-hydrogen) atoms. The Labute approximate surface area is 125 Å². The van der Waals surface area contributed by atoms with Gasteiger partial charge in [0, 0.05) is 11.6 Å². The molecule has 1 aromatic carbocycles. The van der Waals surface area contributed by atoms with Gasteiger partial charge in [0.25, 0.3) is 0 Å². The van der Waals surface area contributed by atoms with Gasteiger partial charge in [-0.3, -0.25) is 4.98 Å². The maximum absolute atomic E-state index is 11.7. The van der Waals surface area contributed by atoms with E-state index in [0.29, 0.717) is 11.8 Å². The zero-order valence-corrected chi connectivity index (χ0v) is 12.2. The second-order valence-electron chi connectivity index (χ2n) is 7.51. The molecule has 108 valence electrons. The third kappa shape index (κ3) is 1.54. The molecule has 4 aliphatic carbocycles. The molecule has 0 radical (unpaired) electrons. The molecule has 1 heterocycles. The van der Waals surface area contributed by atoms with E-state index in [1.807, 2.05) is 12.3 Å². The molecule has 2 nitrogen and oxygen atoms in total. The topological polar surface area (TPSA) is 33.1 Å². The fourth-order valence-electron chi connectivity index (χ4n) is 5.80. The summed E-state index contributed by atoms with van der Waals surface area (Å²) in [5.74, 6) is 2.67. The fourth-order valence-corrected chi connectivity index (χ4v) is 5.80. The van der Waals surface area contributed by atoms with Gasteiger partial charge < -0.3 is 5.11 Å². The van der Waals surface area contributed by atoms with Crippen LogP contribution in [0.25, 0.3) is 10.9 Å². The summed E-state index contributed by atoms with van der Waals surface area (Å²) in [4.78, 5) is 4.47. The summed E-state index contributed by atoms with van der Waals surface area (Å²) in [5.41, 5.74) is 1.54. The summed E-state index contributed by atoms with van der Waals surface area (Å²) in [7, 11) is 0. The summed E-state index contributed by atoms with van der Waals surface area (Å²) in [6.07, 6.45) is 8.15. The summed E-state index contributed by atoms with van der Waals surface area (Å²) in [6, 6.07) is 10.4. The monoisotopic (exact) mass is 279 g/mol. The Balaban J connectivity index is 1.71. The van der Waals surface area contributed by atoms with Crippen LogP contribution in [0.1, 0.15) is 37.7 Å². The molecule has 0 aliphatic heterocycles. The summed E-state index contributed by atoms with van der Waals surface area (Å²) < 4.78 is 0. The predicted octanol–water partition coefficient (Wildman–Crippen LogP) is 3.88. The Kier molecular flexibility index (Phi) is 2.36. The molecular formula is C19H21NO. The van der Waals surface area contributed by atoms with Crippen molar-refractivity contribution in [3.05, 3.63) is 42.1 Å². The van der Waals surface area contributed by atoms with Crippen molar-refractivity contribution < 1.29 is 5.11 Å². The van der Waals surface area contributed by atoms with Gasteiger partial charge in [-0.2, -0.15) is 0 Å². The average molecular weight is 279 g/mol. The van der Waals surface area contributed by atoms with Gasteiger partial charge >= 0.3 is 0 Å². The molecular weight excluding hydrogens is 258 g/mol. The van der Waals surface area contributed by atoms with E-state index < -0.39 is 5.60 Å². The van der Waals surface area contributed by atoms with Gasteiger partial charge in [-0.25, -0.2) is 0 Å². The molecule has 4 fully saturated rings.